The highest BCUT2D eigenvalue weighted by Gasteiger charge is 2.05. The van der Waals surface area contributed by atoms with Gasteiger partial charge in [0.2, 0.25) is 5.91 Å². The van der Waals surface area contributed by atoms with Crippen LogP contribution in [0.4, 0.5) is 0 Å². The van der Waals surface area contributed by atoms with Crippen LogP contribution in [0.1, 0.15) is 19.1 Å². The molecule has 1 N–H and O–H groups in total. The van der Waals surface area contributed by atoms with E-state index in [9.17, 15) is 4.79 Å². The van der Waals surface area contributed by atoms with Crippen molar-refractivity contribution in [2.24, 2.45) is 0 Å². The minimum Gasteiger partial charge on any atom is -0.459 e. The summed E-state index contributed by atoms with van der Waals surface area (Å²) < 4.78 is 5.62. The van der Waals surface area contributed by atoms with Crippen molar-refractivity contribution in [2.75, 3.05) is 11.5 Å². The Labute approximate surface area is 111 Å². The quantitative estimate of drug-likeness (QED) is 0.814. The van der Waals surface area contributed by atoms with E-state index in [0.717, 1.165) is 28.9 Å². The molecular formula is C14H17NO2S. The first-order chi connectivity index (χ1) is 8.79. The molecule has 0 saturated heterocycles. The third-order valence-corrected chi connectivity index (χ3v) is 3.68. The first-order valence-corrected chi connectivity index (χ1v) is 7.27. The molecule has 1 heterocycles. The van der Waals surface area contributed by atoms with Crippen LogP contribution in [0.2, 0.25) is 0 Å². The number of benzene rings is 1. The lowest BCUT2D eigenvalue weighted by molar-refractivity contribution is -0.118. The minimum atomic E-state index is 0.0638. The molecule has 0 fully saturated rings. The molecule has 96 valence electrons. The summed E-state index contributed by atoms with van der Waals surface area (Å²) in [4.78, 5) is 11.5. The molecule has 2 rings (SSSR count). The van der Waals surface area contributed by atoms with E-state index < -0.39 is 0 Å². The first kappa shape index (κ1) is 13.0. The fourth-order valence-electron chi connectivity index (χ4n) is 1.67. The molecule has 0 radical (unpaired) electrons. The standard InChI is InChI=1S/C14H17NO2S/c1-2-7-18-10-14(16)15-9-12-8-11-5-3-4-6-13(11)17-12/h3-6,8H,2,7,9-10H2,1H3,(H,15,16). The van der Waals surface area contributed by atoms with Gasteiger partial charge in [-0.15, -0.1) is 0 Å². The Morgan fingerprint density at radius 1 is 1.39 bits per heavy atom. The molecule has 2 aromatic rings. The van der Waals surface area contributed by atoms with Gasteiger partial charge in [-0.2, -0.15) is 11.8 Å². The number of thioether (sulfide) groups is 1. The van der Waals surface area contributed by atoms with Crippen LogP contribution in [0.15, 0.2) is 34.7 Å². The fraction of sp³-hybridized carbons (Fsp3) is 0.357. The molecule has 4 heteroatoms. The molecule has 0 aliphatic carbocycles. The maximum atomic E-state index is 11.5. The highest BCUT2D eigenvalue weighted by atomic mass is 32.2. The summed E-state index contributed by atoms with van der Waals surface area (Å²) in [6.45, 7) is 2.57. The lowest BCUT2D eigenvalue weighted by Crippen LogP contribution is -2.24. The molecule has 0 aliphatic heterocycles. The van der Waals surface area contributed by atoms with Crippen LogP contribution in [0.3, 0.4) is 0 Å². The maximum absolute atomic E-state index is 11.5. The first-order valence-electron chi connectivity index (χ1n) is 6.11. The van der Waals surface area contributed by atoms with Gasteiger partial charge in [-0.25, -0.2) is 0 Å². The number of rotatable bonds is 6. The molecule has 1 aromatic heterocycles. The number of carbonyl (C=O) groups is 1. The summed E-state index contributed by atoms with van der Waals surface area (Å²) in [5.41, 5.74) is 0.863. The van der Waals surface area contributed by atoms with Crippen molar-refractivity contribution in [3.8, 4) is 0 Å². The van der Waals surface area contributed by atoms with Crippen LogP contribution >= 0.6 is 11.8 Å². The van der Waals surface area contributed by atoms with Crippen LogP contribution < -0.4 is 5.32 Å². The summed E-state index contributed by atoms with van der Waals surface area (Å²) in [6.07, 6.45) is 1.10. The van der Waals surface area contributed by atoms with E-state index in [1.807, 2.05) is 30.3 Å². The molecular weight excluding hydrogens is 246 g/mol. The van der Waals surface area contributed by atoms with Crippen LogP contribution in [0.25, 0.3) is 11.0 Å². The van der Waals surface area contributed by atoms with Gasteiger partial charge >= 0.3 is 0 Å². The molecule has 1 amide bonds. The average Bonchev–Trinajstić information content (AvgIpc) is 2.79. The number of fused-ring (bicyclic) bond motifs is 1. The lowest BCUT2D eigenvalue weighted by Gasteiger charge is -2.02. The van der Waals surface area contributed by atoms with Gasteiger partial charge in [-0.05, 0) is 24.3 Å². The van der Waals surface area contributed by atoms with Crippen LogP contribution in [-0.4, -0.2) is 17.4 Å². The zero-order valence-electron chi connectivity index (χ0n) is 10.4. The third kappa shape index (κ3) is 3.53. The third-order valence-electron chi connectivity index (χ3n) is 2.52. The van der Waals surface area contributed by atoms with Crippen molar-refractivity contribution in [1.29, 1.82) is 0 Å². The van der Waals surface area contributed by atoms with E-state index in [4.69, 9.17) is 4.42 Å². The van der Waals surface area contributed by atoms with Crippen molar-refractivity contribution in [1.82, 2.24) is 5.32 Å². The SMILES string of the molecule is CCCSCC(=O)NCc1cc2ccccc2o1. The molecule has 3 nitrogen and oxygen atoms in total. The second-order valence-electron chi connectivity index (χ2n) is 4.08. The minimum absolute atomic E-state index is 0.0638. The number of carbonyl (C=O) groups excluding carboxylic acids is 1. The van der Waals surface area contributed by atoms with Gasteiger partial charge in [0.25, 0.3) is 0 Å². The monoisotopic (exact) mass is 263 g/mol. The molecule has 0 bridgehead atoms. The molecule has 0 aliphatic rings. The molecule has 1 aromatic carbocycles. The number of nitrogens with one attached hydrogen (secondary N) is 1. The summed E-state index contributed by atoms with van der Waals surface area (Å²) in [5.74, 6) is 2.41. The molecule has 0 unspecified atom stereocenters. The molecule has 0 spiro atoms. The van der Waals surface area contributed by atoms with Crippen molar-refractivity contribution in [3.63, 3.8) is 0 Å². The Kier molecular flexibility index (Phi) is 4.70. The second-order valence-corrected chi connectivity index (χ2v) is 5.19. The predicted molar refractivity (Wildman–Crippen MR) is 75.7 cm³/mol. The van der Waals surface area contributed by atoms with E-state index in [2.05, 4.69) is 12.2 Å². The summed E-state index contributed by atoms with van der Waals surface area (Å²) in [7, 11) is 0. The summed E-state index contributed by atoms with van der Waals surface area (Å²) in [6, 6.07) is 9.81. The van der Waals surface area contributed by atoms with Crippen molar-refractivity contribution >= 4 is 28.6 Å². The van der Waals surface area contributed by atoms with Gasteiger partial charge in [0.15, 0.2) is 0 Å². The smallest absolute Gasteiger partial charge is 0.230 e. The highest BCUT2D eigenvalue weighted by molar-refractivity contribution is 7.99. The maximum Gasteiger partial charge on any atom is 0.230 e. The van der Waals surface area contributed by atoms with Crippen LogP contribution in [0, 0.1) is 0 Å². The second kappa shape index (κ2) is 6.50. The van der Waals surface area contributed by atoms with Crippen molar-refractivity contribution in [2.45, 2.75) is 19.9 Å². The molecule has 18 heavy (non-hydrogen) atoms. The molecule has 0 saturated carbocycles. The lowest BCUT2D eigenvalue weighted by atomic mass is 10.2. The number of furan rings is 1. The normalized spacial score (nSPS) is 10.7. The van der Waals surface area contributed by atoms with E-state index in [1.54, 1.807) is 11.8 Å². The van der Waals surface area contributed by atoms with Gasteiger partial charge in [0.05, 0.1) is 12.3 Å². The van der Waals surface area contributed by atoms with E-state index >= 15 is 0 Å². The topological polar surface area (TPSA) is 42.2 Å². The zero-order chi connectivity index (χ0) is 12.8. The Morgan fingerprint density at radius 2 is 2.22 bits per heavy atom. The number of para-hydroxylation sites is 1. The number of hydrogen-bond donors (Lipinski definition) is 1. The summed E-state index contributed by atoms with van der Waals surface area (Å²) >= 11 is 1.66. The Morgan fingerprint density at radius 3 is 3.00 bits per heavy atom. The van der Waals surface area contributed by atoms with E-state index in [1.165, 1.54) is 0 Å². The average molecular weight is 263 g/mol. The van der Waals surface area contributed by atoms with Crippen LogP contribution in [-0.2, 0) is 11.3 Å². The van der Waals surface area contributed by atoms with Crippen LogP contribution in [0.5, 0.6) is 0 Å². The Balaban J connectivity index is 1.84. The van der Waals surface area contributed by atoms with Gasteiger partial charge in [-0.1, -0.05) is 25.1 Å². The van der Waals surface area contributed by atoms with Crippen molar-refractivity contribution in [3.05, 3.63) is 36.1 Å². The predicted octanol–water partition coefficient (Wildman–Crippen LogP) is 3.19. The van der Waals surface area contributed by atoms with E-state index in [0.29, 0.717) is 12.3 Å². The Bertz CT molecular complexity index is 488. The van der Waals surface area contributed by atoms with Crippen molar-refractivity contribution < 1.29 is 9.21 Å². The van der Waals surface area contributed by atoms with Gasteiger partial charge in [0.1, 0.15) is 11.3 Å². The number of amides is 1. The van der Waals surface area contributed by atoms with Gasteiger partial charge in [0, 0.05) is 5.39 Å². The van der Waals surface area contributed by atoms with Gasteiger partial charge < -0.3 is 9.73 Å². The number of hydrogen-bond acceptors (Lipinski definition) is 3. The molecule has 0 atom stereocenters. The fourth-order valence-corrected chi connectivity index (χ4v) is 2.39. The van der Waals surface area contributed by atoms with Gasteiger partial charge in [-0.3, -0.25) is 4.79 Å². The zero-order valence-corrected chi connectivity index (χ0v) is 11.3. The van der Waals surface area contributed by atoms with E-state index in [-0.39, 0.29) is 5.91 Å². The largest absolute Gasteiger partial charge is 0.459 e. The highest BCUT2D eigenvalue weighted by Crippen LogP contribution is 2.18. The Hall–Kier alpha value is -1.42. The summed E-state index contributed by atoms with van der Waals surface area (Å²) in [5, 5.41) is 3.94.